The highest BCUT2D eigenvalue weighted by atomic mass is 16.5. The summed E-state index contributed by atoms with van der Waals surface area (Å²) in [7, 11) is 0. The Bertz CT molecular complexity index is 1300. The van der Waals surface area contributed by atoms with Crippen LogP contribution >= 0.6 is 0 Å². The number of ketones is 1. The van der Waals surface area contributed by atoms with Crippen LogP contribution in [0.25, 0.3) is 12.2 Å². The molecule has 3 aliphatic rings. The van der Waals surface area contributed by atoms with Crippen LogP contribution in [0, 0.1) is 0 Å². The maximum Gasteiger partial charge on any atom is 0.342 e. The van der Waals surface area contributed by atoms with Gasteiger partial charge in [0.2, 0.25) is 0 Å². The Morgan fingerprint density at radius 2 is 1.81 bits per heavy atom. The Morgan fingerprint density at radius 1 is 1.00 bits per heavy atom. The molecule has 0 unspecified atom stereocenters. The zero-order valence-corrected chi connectivity index (χ0v) is 20.8. The fraction of sp³-hybridized carbons (Fsp3) is 0.367. The molecule has 3 aliphatic heterocycles. The molecule has 2 atom stereocenters. The Morgan fingerprint density at radius 3 is 2.68 bits per heavy atom. The number of esters is 2. The van der Waals surface area contributed by atoms with Gasteiger partial charge in [-0.3, -0.25) is 9.59 Å². The molecular weight excluding hydrogens is 472 g/mol. The molecule has 0 aliphatic carbocycles. The third kappa shape index (κ3) is 5.31. The predicted molar refractivity (Wildman–Crippen MR) is 138 cm³/mol. The summed E-state index contributed by atoms with van der Waals surface area (Å²) in [6.45, 7) is 2.04. The van der Waals surface area contributed by atoms with Crippen molar-refractivity contribution in [3.63, 3.8) is 0 Å². The minimum absolute atomic E-state index is 0.0199. The number of cyclic esters (lactones) is 1. The summed E-state index contributed by atoms with van der Waals surface area (Å²) in [6.07, 6.45) is 8.65. The summed E-state index contributed by atoms with van der Waals surface area (Å²) in [5.74, 6) is -0.640. The number of ether oxygens (including phenoxy) is 3. The third-order valence-corrected chi connectivity index (χ3v) is 7.08. The number of carbonyl (C=O) groups is 3. The van der Waals surface area contributed by atoms with Crippen molar-refractivity contribution >= 4 is 29.9 Å². The number of benzene rings is 2. The molecule has 5 rings (SSSR count). The lowest BCUT2D eigenvalue weighted by Crippen LogP contribution is -2.26. The highest BCUT2D eigenvalue weighted by Crippen LogP contribution is 2.48. The molecule has 0 saturated carbocycles. The van der Waals surface area contributed by atoms with Crippen molar-refractivity contribution in [2.45, 2.75) is 63.9 Å². The number of hydrogen-bond donors (Lipinski definition) is 1. The molecule has 0 bridgehead atoms. The van der Waals surface area contributed by atoms with E-state index in [9.17, 15) is 19.5 Å². The lowest BCUT2D eigenvalue weighted by Gasteiger charge is -2.30. The van der Waals surface area contributed by atoms with E-state index in [0.717, 1.165) is 16.9 Å². The van der Waals surface area contributed by atoms with Gasteiger partial charge in [0, 0.05) is 29.9 Å². The van der Waals surface area contributed by atoms with E-state index in [1.54, 1.807) is 19.1 Å². The normalized spacial score (nSPS) is 22.3. The van der Waals surface area contributed by atoms with Gasteiger partial charge in [-0.1, -0.05) is 30.4 Å². The Balaban J connectivity index is 1.58. The van der Waals surface area contributed by atoms with Gasteiger partial charge in [0.15, 0.2) is 0 Å². The molecule has 0 saturated heterocycles. The lowest BCUT2D eigenvalue weighted by atomic mass is 9.82. The van der Waals surface area contributed by atoms with Gasteiger partial charge in [-0.15, -0.1) is 0 Å². The van der Waals surface area contributed by atoms with Crippen LogP contribution in [0.5, 0.6) is 17.2 Å². The van der Waals surface area contributed by atoms with E-state index in [1.165, 1.54) is 0 Å². The number of allylic oxidation sites excluding steroid dienone is 1. The average Bonchev–Trinajstić information content (AvgIpc) is 2.87. The zero-order chi connectivity index (χ0) is 25.9. The maximum atomic E-state index is 13.3. The molecule has 0 aromatic heterocycles. The number of rotatable bonds is 1. The number of aromatic hydroxyl groups is 1. The molecule has 0 amide bonds. The second kappa shape index (κ2) is 10.6. The molecule has 0 fully saturated rings. The Labute approximate surface area is 215 Å². The Hall–Kier alpha value is -3.87. The second-order valence-corrected chi connectivity index (χ2v) is 9.82. The third-order valence-electron chi connectivity index (χ3n) is 7.08. The summed E-state index contributed by atoms with van der Waals surface area (Å²) in [6, 6.07) is 9.23. The van der Waals surface area contributed by atoms with E-state index >= 15 is 0 Å². The summed E-state index contributed by atoms with van der Waals surface area (Å²) >= 11 is 0. The minimum atomic E-state index is -0.647. The minimum Gasteiger partial charge on any atom is -0.507 e. The molecule has 2 aromatic carbocycles. The van der Waals surface area contributed by atoms with Crippen molar-refractivity contribution in [1.29, 1.82) is 0 Å². The monoisotopic (exact) mass is 502 g/mol. The van der Waals surface area contributed by atoms with Crippen LogP contribution < -0.4 is 9.47 Å². The van der Waals surface area contributed by atoms with Gasteiger partial charge in [-0.25, -0.2) is 4.79 Å². The lowest BCUT2D eigenvalue weighted by molar-refractivity contribution is -0.135. The molecule has 2 aromatic rings. The number of Topliss-reactive ketones (excluding diaryl/α,β-unsaturated/α-hetero) is 1. The van der Waals surface area contributed by atoms with Crippen molar-refractivity contribution in [3.8, 4) is 17.2 Å². The zero-order valence-electron chi connectivity index (χ0n) is 20.8. The predicted octanol–water partition coefficient (Wildman–Crippen LogP) is 5.74. The summed E-state index contributed by atoms with van der Waals surface area (Å²) in [4.78, 5) is 38.0. The highest BCUT2D eigenvalue weighted by molar-refractivity contribution is 5.98. The molecule has 1 N–H and O–H groups in total. The fourth-order valence-corrected chi connectivity index (χ4v) is 5.17. The average molecular weight is 503 g/mol. The van der Waals surface area contributed by atoms with Crippen LogP contribution in [0.4, 0.5) is 0 Å². The molecule has 192 valence electrons. The topological polar surface area (TPSA) is 99.1 Å². The first-order chi connectivity index (χ1) is 17.9. The van der Waals surface area contributed by atoms with Gasteiger partial charge in [-0.2, -0.15) is 0 Å². The van der Waals surface area contributed by atoms with Crippen molar-refractivity contribution in [2.75, 3.05) is 6.61 Å². The van der Waals surface area contributed by atoms with Crippen molar-refractivity contribution in [3.05, 3.63) is 64.2 Å². The first-order valence-electron chi connectivity index (χ1n) is 12.8. The van der Waals surface area contributed by atoms with Crippen molar-refractivity contribution in [1.82, 2.24) is 0 Å². The molecule has 0 radical (unpaired) electrons. The standard InChI is InChI=1S/C30H30O7/c1-18-8-7-12-22(31)11-4-2-3-10-20-15-25-28(29(33)27(20)30(34)36-18)23(16-26(32)37-25)21-14-19-9-5-6-13-24(19)35-17-21/h3,5-6,9-10,13-15,18,23,33H,2,4,7-8,11-12,16-17H2,1H3/t18-,23-/m1/s1. The smallest absolute Gasteiger partial charge is 0.342 e. The van der Waals surface area contributed by atoms with Gasteiger partial charge < -0.3 is 19.3 Å². The number of fused-ring (bicyclic) bond motifs is 3. The quantitative estimate of drug-likeness (QED) is 0.392. The Kier molecular flexibility index (Phi) is 7.12. The van der Waals surface area contributed by atoms with Gasteiger partial charge in [0.25, 0.3) is 0 Å². The molecule has 0 spiro atoms. The fourth-order valence-electron chi connectivity index (χ4n) is 5.17. The second-order valence-electron chi connectivity index (χ2n) is 9.82. The van der Waals surface area contributed by atoms with E-state index in [4.69, 9.17) is 14.2 Å². The highest BCUT2D eigenvalue weighted by Gasteiger charge is 2.37. The molecule has 37 heavy (non-hydrogen) atoms. The van der Waals surface area contributed by atoms with Crippen LogP contribution in [-0.4, -0.2) is 35.5 Å². The molecule has 3 heterocycles. The number of hydrogen-bond acceptors (Lipinski definition) is 7. The van der Waals surface area contributed by atoms with Crippen LogP contribution in [0.2, 0.25) is 0 Å². The number of phenolic OH excluding ortho intramolecular Hbond substituents is 1. The summed E-state index contributed by atoms with van der Waals surface area (Å²) < 4.78 is 17.2. The largest absolute Gasteiger partial charge is 0.507 e. The van der Waals surface area contributed by atoms with Gasteiger partial charge >= 0.3 is 11.9 Å². The molecule has 7 heteroatoms. The summed E-state index contributed by atoms with van der Waals surface area (Å²) in [5.41, 5.74) is 2.55. The van der Waals surface area contributed by atoms with E-state index in [1.807, 2.05) is 36.4 Å². The van der Waals surface area contributed by atoms with Gasteiger partial charge in [0.1, 0.15) is 35.2 Å². The summed E-state index contributed by atoms with van der Waals surface area (Å²) in [5, 5.41) is 11.5. The SMILES string of the molecule is C[C@@H]1CCCC(=O)CCCC=Cc2cc3c(c(O)c2C(=O)O1)[C@@H](C1=Cc2ccccc2OC1)CC(=O)O3. The van der Waals surface area contributed by atoms with E-state index in [0.29, 0.717) is 49.7 Å². The molecular formula is C30H30O7. The van der Waals surface area contributed by atoms with Crippen molar-refractivity contribution < 1.29 is 33.7 Å². The van der Waals surface area contributed by atoms with E-state index in [-0.39, 0.29) is 35.9 Å². The molecule has 7 nitrogen and oxygen atoms in total. The van der Waals surface area contributed by atoms with Crippen LogP contribution in [0.15, 0.2) is 42.0 Å². The van der Waals surface area contributed by atoms with Crippen LogP contribution in [-0.2, 0) is 14.3 Å². The van der Waals surface area contributed by atoms with Gasteiger partial charge in [0.05, 0.1) is 12.5 Å². The van der Waals surface area contributed by atoms with Crippen LogP contribution in [0.1, 0.15) is 84.8 Å². The van der Waals surface area contributed by atoms with E-state index in [2.05, 4.69) is 0 Å². The van der Waals surface area contributed by atoms with E-state index < -0.39 is 24.0 Å². The van der Waals surface area contributed by atoms with Crippen molar-refractivity contribution in [2.24, 2.45) is 0 Å². The number of phenols is 1. The number of para-hydroxylation sites is 1. The maximum absolute atomic E-state index is 13.3. The first kappa shape index (κ1) is 24.8. The number of carbonyl (C=O) groups excluding carboxylic acids is 3. The van der Waals surface area contributed by atoms with Crippen LogP contribution in [0.3, 0.4) is 0 Å². The van der Waals surface area contributed by atoms with Gasteiger partial charge in [-0.05, 0) is 62.0 Å². The first-order valence-corrected chi connectivity index (χ1v) is 12.8.